The Hall–Kier alpha value is -2.34. The van der Waals surface area contributed by atoms with E-state index in [0.29, 0.717) is 11.3 Å². The molecule has 0 aromatic heterocycles. The van der Waals surface area contributed by atoms with Crippen LogP contribution in [0.15, 0.2) is 47.4 Å². The molecule has 6 heteroatoms. The Labute approximate surface area is 124 Å². The molecule has 108 valence electrons. The van der Waals surface area contributed by atoms with Gasteiger partial charge in [-0.15, -0.1) is 11.8 Å². The fourth-order valence-corrected chi connectivity index (χ4v) is 2.60. The molecule has 0 saturated carbocycles. The summed E-state index contributed by atoms with van der Waals surface area (Å²) in [5, 5.41) is 8.89. The van der Waals surface area contributed by atoms with E-state index < -0.39 is 17.7 Å². The molecule has 2 aromatic carbocycles. The third kappa shape index (κ3) is 3.82. The predicted molar refractivity (Wildman–Crippen MR) is 77.9 cm³/mol. The van der Waals surface area contributed by atoms with Crippen LogP contribution >= 0.6 is 11.8 Å². The lowest BCUT2D eigenvalue weighted by Crippen LogP contribution is -2.10. The first-order valence-electron chi connectivity index (χ1n) is 6.02. The molecule has 0 aliphatic heterocycles. The van der Waals surface area contributed by atoms with Crippen molar-refractivity contribution in [3.05, 3.63) is 65.0 Å². The van der Waals surface area contributed by atoms with Crippen molar-refractivity contribution in [2.24, 2.45) is 5.73 Å². The molecule has 0 unspecified atom stereocenters. The number of carboxylic acid groups (broad SMARTS) is 1. The summed E-state index contributed by atoms with van der Waals surface area (Å²) in [5.74, 6) is -1.60. The first kappa shape index (κ1) is 15.1. The van der Waals surface area contributed by atoms with Gasteiger partial charge < -0.3 is 10.8 Å². The number of rotatable bonds is 5. The molecule has 0 fully saturated rings. The molecule has 3 N–H and O–H groups in total. The number of carbonyl (C=O) groups is 2. The lowest BCUT2D eigenvalue weighted by Gasteiger charge is -2.05. The molecular formula is C15H12FNO3S. The normalized spacial score (nSPS) is 10.3. The minimum absolute atomic E-state index is 0.0444. The Balaban J connectivity index is 2.10. The van der Waals surface area contributed by atoms with E-state index in [2.05, 4.69) is 0 Å². The maximum atomic E-state index is 13.6. The second kappa shape index (κ2) is 6.41. The van der Waals surface area contributed by atoms with Gasteiger partial charge in [-0.05, 0) is 35.9 Å². The number of amides is 1. The number of primary amides is 1. The van der Waals surface area contributed by atoms with Crippen LogP contribution in [0, 0.1) is 5.82 Å². The van der Waals surface area contributed by atoms with E-state index in [0.717, 1.165) is 11.6 Å². The molecule has 0 aliphatic carbocycles. The molecule has 0 heterocycles. The summed E-state index contributed by atoms with van der Waals surface area (Å²) >= 11 is 1.19. The number of hydrogen-bond donors (Lipinski definition) is 2. The molecule has 2 aromatic rings. The number of carboxylic acids is 1. The highest BCUT2D eigenvalue weighted by atomic mass is 32.2. The number of nitrogens with two attached hydrogens (primary N) is 1. The second-order valence-electron chi connectivity index (χ2n) is 4.30. The Morgan fingerprint density at radius 3 is 2.29 bits per heavy atom. The van der Waals surface area contributed by atoms with Gasteiger partial charge in [0.1, 0.15) is 5.82 Å². The van der Waals surface area contributed by atoms with Gasteiger partial charge in [0.25, 0.3) is 0 Å². The number of thioether (sulfide) groups is 1. The van der Waals surface area contributed by atoms with Crippen molar-refractivity contribution in [1.29, 1.82) is 0 Å². The van der Waals surface area contributed by atoms with E-state index in [-0.39, 0.29) is 10.5 Å². The molecule has 4 nitrogen and oxygen atoms in total. The fourth-order valence-electron chi connectivity index (χ4n) is 1.67. The Morgan fingerprint density at radius 1 is 1.10 bits per heavy atom. The molecule has 0 atom stereocenters. The van der Waals surface area contributed by atoms with Crippen LogP contribution in [0.5, 0.6) is 0 Å². The number of hydrogen-bond acceptors (Lipinski definition) is 3. The summed E-state index contributed by atoms with van der Waals surface area (Å²) in [7, 11) is 0. The highest BCUT2D eigenvalue weighted by molar-refractivity contribution is 7.98. The fraction of sp³-hybridized carbons (Fsp3) is 0.0667. The van der Waals surface area contributed by atoms with E-state index in [1.807, 2.05) is 0 Å². The van der Waals surface area contributed by atoms with Crippen molar-refractivity contribution >= 4 is 23.6 Å². The number of benzene rings is 2. The summed E-state index contributed by atoms with van der Waals surface area (Å²) in [6.07, 6.45) is 0. The molecule has 21 heavy (non-hydrogen) atoms. The van der Waals surface area contributed by atoms with Gasteiger partial charge >= 0.3 is 5.97 Å². The van der Waals surface area contributed by atoms with E-state index in [9.17, 15) is 14.0 Å². The van der Waals surface area contributed by atoms with Crippen LogP contribution in [0.25, 0.3) is 0 Å². The molecule has 0 spiro atoms. The van der Waals surface area contributed by atoms with Gasteiger partial charge in [-0.25, -0.2) is 9.18 Å². The average molecular weight is 305 g/mol. The van der Waals surface area contributed by atoms with Crippen molar-refractivity contribution in [3.63, 3.8) is 0 Å². The van der Waals surface area contributed by atoms with Crippen molar-refractivity contribution < 1.29 is 19.1 Å². The lowest BCUT2D eigenvalue weighted by atomic mass is 10.1. The van der Waals surface area contributed by atoms with Gasteiger partial charge in [0, 0.05) is 16.2 Å². The Bertz CT molecular complexity index is 686. The molecule has 0 saturated heterocycles. The Morgan fingerprint density at radius 2 is 1.71 bits per heavy atom. The maximum absolute atomic E-state index is 13.6. The first-order valence-corrected chi connectivity index (χ1v) is 7.00. The molecule has 2 rings (SSSR count). The van der Waals surface area contributed by atoms with Gasteiger partial charge in [-0.3, -0.25) is 4.79 Å². The summed E-state index contributed by atoms with van der Waals surface area (Å²) in [6.45, 7) is 0. The molecular weight excluding hydrogens is 293 g/mol. The van der Waals surface area contributed by atoms with Crippen LogP contribution in [0.2, 0.25) is 0 Å². The predicted octanol–water partition coefficient (Wildman–Crippen LogP) is 2.92. The van der Waals surface area contributed by atoms with Crippen LogP contribution in [0.4, 0.5) is 4.39 Å². The standard InChI is InChI=1S/C15H12FNO3S/c16-12-6-5-11(15(19)20)7-13(12)21-8-9-1-3-10(4-2-9)14(17)18/h1-7H,8H2,(H2,17,18)(H,19,20). The van der Waals surface area contributed by atoms with Gasteiger partial charge in [0.2, 0.25) is 5.91 Å². The van der Waals surface area contributed by atoms with Crippen molar-refractivity contribution in [1.82, 2.24) is 0 Å². The van der Waals surface area contributed by atoms with Gasteiger partial charge in [0.15, 0.2) is 0 Å². The van der Waals surface area contributed by atoms with Crippen molar-refractivity contribution in [3.8, 4) is 0 Å². The molecule has 1 amide bonds. The molecule has 0 bridgehead atoms. The summed E-state index contributed by atoms with van der Waals surface area (Å²) < 4.78 is 13.6. The molecule has 0 aliphatic rings. The van der Waals surface area contributed by atoms with Crippen LogP contribution in [0.1, 0.15) is 26.3 Å². The van der Waals surface area contributed by atoms with E-state index >= 15 is 0 Å². The SMILES string of the molecule is NC(=O)c1ccc(CSc2cc(C(=O)O)ccc2F)cc1. The van der Waals surface area contributed by atoms with Crippen molar-refractivity contribution in [2.45, 2.75) is 10.6 Å². The summed E-state index contributed by atoms with van der Waals surface area (Å²) in [4.78, 5) is 22.1. The summed E-state index contributed by atoms with van der Waals surface area (Å²) in [5.41, 5.74) is 6.47. The van der Waals surface area contributed by atoms with Gasteiger partial charge in [-0.1, -0.05) is 12.1 Å². The zero-order valence-electron chi connectivity index (χ0n) is 10.9. The summed E-state index contributed by atoms with van der Waals surface area (Å²) in [6, 6.07) is 10.3. The second-order valence-corrected chi connectivity index (χ2v) is 5.32. The van der Waals surface area contributed by atoms with Crippen LogP contribution in [0.3, 0.4) is 0 Å². The van der Waals surface area contributed by atoms with E-state index in [1.54, 1.807) is 24.3 Å². The van der Waals surface area contributed by atoms with Gasteiger partial charge in [-0.2, -0.15) is 0 Å². The van der Waals surface area contributed by atoms with Crippen molar-refractivity contribution in [2.75, 3.05) is 0 Å². The van der Waals surface area contributed by atoms with Crippen LogP contribution in [-0.2, 0) is 5.75 Å². The zero-order chi connectivity index (χ0) is 15.4. The molecule has 0 radical (unpaired) electrons. The average Bonchev–Trinajstić information content (AvgIpc) is 2.46. The number of carbonyl (C=O) groups excluding carboxylic acids is 1. The highest BCUT2D eigenvalue weighted by Gasteiger charge is 2.09. The van der Waals surface area contributed by atoms with E-state index in [4.69, 9.17) is 10.8 Å². The number of halogens is 1. The lowest BCUT2D eigenvalue weighted by molar-refractivity contribution is 0.0696. The quantitative estimate of drug-likeness (QED) is 0.832. The minimum atomic E-state index is -1.09. The largest absolute Gasteiger partial charge is 0.478 e. The number of aromatic carboxylic acids is 1. The minimum Gasteiger partial charge on any atom is -0.478 e. The highest BCUT2D eigenvalue weighted by Crippen LogP contribution is 2.26. The van der Waals surface area contributed by atoms with Crippen LogP contribution in [-0.4, -0.2) is 17.0 Å². The Kier molecular flexibility index (Phi) is 4.59. The smallest absolute Gasteiger partial charge is 0.335 e. The van der Waals surface area contributed by atoms with E-state index in [1.165, 1.54) is 23.9 Å². The topological polar surface area (TPSA) is 80.4 Å². The first-order chi connectivity index (χ1) is 9.97. The van der Waals surface area contributed by atoms with Crippen LogP contribution < -0.4 is 5.73 Å². The zero-order valence-corrected chi connectivity index (χ0v) is 11.7. The monoisotopic (exact) mass is 305 g/mol. The third-order valence-electron chi connectivity index (χ3n) is 2.81. The van der Waals surface area contributed by atoms with Gasteiger partial charge in [0.05, 0.1) is 5.56 Å². The maximum Gasteiger partial charge on any atom is 0.335 e. The third-order valence-corrected chi connectivity index (χ3v) is 3.91.